The van der Waals surface area contributed by atoms with E-state index in [1.165, 1.54) is 11.8 Å². The summed E-state index contributed by atoms with van der Waals surface area (Å²) in [6, 6.07) is 12.4. The molecule has 106 valence electrons. The summed E-state index contributed by atoms with van der Waals surface area (Å²) in [5, 5.41) is 9.25. The summed E-state index contributed by atoms with van der Waals surface area (Å²) in [5.41, 5.74) is 0.440. The number of hydrogen-bond donors (Lipinski definition) is 0. The molecule has 0 saturated heterocycles. The predicted octanol–water partition coefficient (Wildman–Crippen LogP) is 2.49. The number of nitrogens with zero attached hydrogens (tertiary/aromatic N) is 1. The summed E-state index contributed by atoms with van der Waals surface area (Å²) in [6.07, 6.45) is 4.77. The van der Waals surface area contributed by atoms with Gasteiger partial charge in [0.25, 0.3) is 0 Å². The van der Waals surface area contributed by atoms with Crippen LogP contribution in [-0.4, -0.2) is 22.0 Å². The molecule has 0 N–H and O–H groups in total. The molecule has 1 aromatic carbocycles. The topological polar surface area (TPSA) is 57.9 Å². The van der Waals surface area contributed by atoms with Crippen LogP contribution in [0.3, 0.4) is 0 Å². The lowest BCUT2D eigenvalue weighted by Gasteiger charge is -2.41. The van der Waals surface area contributed by atoms with E-state index < -0.39 is 16.2 Å². The number of rotatable bonds is 6. The van der Waals surface area contributed by atoms with Crippen LogP contribution < -0.4 is 0 Å². The molecule has 0 heterocycles. The highest BCUT2D eigenvalue weighted by Crippen LogP contribution is 2.48. The van der Waals surface area contributed by atoms with Gasteiger partial charge in [0.2, 0.25) is 0 Å². The van der Waals surface area contributed by atoms with E-state index in [1.807, 2.05) is 18.2 Å². The highest BCUT2D eigenvalue weighted by molar-refractivity contribution is 7.85. The zero-order valence-electron chi connectivity index (χ0n) is 11.7. The average Bonchev–Trinajstić information content (AvgIpc) is 2.38. The Morgan fingerprint density at radius 3 is 2.60 bits per heavy atom. The van der Waals surface area contributed by atoms with Crippen LogP contribution in [0.4, 0.5) is 0 Å². The Kier molecular flexibility index (Phi) is 4.72. The fourth-order valence-electron chi connectivity index (χ4n) is 2.85. The van der Waals surface area contributed by atoms with Crippen LogP contribution in [0.25, 0.3) is 0 Å². The highest BCUT2D eigenvalue weighted by atomic mass is 32.2. The maximum atomic E-state index is 12.0. The van der Waals surface area contributed by atoms with E-state index in [4.69, 9.17) is 0 Å². The first-order chi connectivity index (χ1) is 9.55. The molecule has 1 aliphatic rings. The van der Waals surface area contributed by atoms with Crippen LogP contribution in [0.5, 0.6) is 0 Å². The van der Waals surface area contributed by atoms with Gasteiger partial charge in [-0.15, -0.1) is 0 Å². The Labute approximate surface area is 122 Å². The number of carbonyl (C=O) groups is 1. The van der Waals surface area contributed by atoms with Crippen LogP contribution in [0, 0.1) is 22.7 Å². The maximum Gasteiger partial charge on any atom is 0.165 e. The third-order valence-electron chi connectivity index (χ3n) is 4.04. The van der Waals surface area contributed by atoms with Crippen LogP contribution in [-0.2, 0) is 22.0 Å². The second-order valence-corrected chi connectivity index (χ2v) is 7.07. The van der Waals surface area contributed by atoms with Gasteiger partial charge in [-0.2, -0.15) is 5.26 Å². The predicted molar refractivity (Wildman–Crippen MR) is 79.5 cm³/mol. The molecule has 20 heavy (non-hydrogen) atoms. The lowest BCUT2D eigenvalue weighted by atomic mass is 9.59. The van der Waals surface area contributed by atoms with Crippen molar-refractivity contribution in [3.8, 4) is 6.07 Å². The monoisotopic (exact) mass is 289 g/mol. The summed E-state index contributed by atoms with van der Waals surface area (Å²) in [7, 11) is -1.16. The number of ketones is 1. The summed E-state index contributed by atoms with van der Waals surface area (Å²) in [5.74, 6) is 0.305. The van der Waals surface area contributed by atoms with E-state index in [1.54, 1.807) is 0 Å². The molecule has 1 saturated carbocycles. The second-order valence-electron chi connectivity index (χ2n) is 5.63. The van der Waals surface area contributed by atoms with E-state index >= 15 is 0 Å². The van der Waals surface area contributed by atoms with Gasteiger partial charge in [-0.25, -0.2) is 0 Å². The number of carbonyl (C=O) groups excluding carboxylic acids is 1. The highest BCUT2D eigenvalue weighted by Gasteiger charge is 2.49. The zero-order valence-corrected chi connectivity index (χ0v) is 12.5. The Bertz CT molecular complexity index is 541. The van der Waals surface area contributed by atoms with Crippen molar-refractivity contribution in [3.63, 3.8) is 0 Å². The number of aryl methyl sites for hydroxylation is 1. The first-order valence-electron chi connectivity index (χ1n) is 6.84. The molecule has 3 nitrogen and oxygen atoms in total. The maximum absolute atomic E-state index is 12.0. The van der Waals surface area contributed by atoms with E-state index in [9.17, 15) is 14.3 Å². The molecule has 2 rings (SSSR count). The largest absolute Gasteiger partial charge is 0.297 e. The van der Waals surface area contributed by atoms with Crippen molar-refractivity contribution in [2.75, 3.05) is 12.0 Å². The lowest BCUT2D eigenvalue weighted by Crippen LogP contribution is -2.44. The van der Waals surface area contributed by atoms with E-state index in [-0.39, 0.29) is 11.5 Å². The SMILES string of the molecule is CS(=O)CC(=O)C1(C#N)CC(CCc2ccccc2)C1. The summed E-state index contributed by atoms with van der Waals surface area (Å²) >= 11 is 0. The Hall–Kier alpha value is -1.47. The molecule has 1 aliphatic carbocycles. The molecule has 1 aromatic rings. The molecule has 0 bridgehead atoms. The molecule has 1 fully saturated rings. The zero-order chi connectivity index (χ0) is 14.6. The molecule has 1 atom stereocenters. The van der Waals surface area contributed by atoms with E-state index in [0.717, 1.165) is 12.8 Å². The standard InChI is InChI=1S/C16H19NO2S/c1-20(19)11-15(18)16(12-17)9-14(10-16)8-7-13-5-3-2-4-6-13/h2-6,14H,7-11H2,1H3. The van der Waals surface area contributed by atoms with Crippen molar-refractivity contribution in [2.24, 2.45) is 11.3 Å². The van der Waals surface area contributed by atoms with Crippen molar-refractivity contribution >= 4 is 16.6 Å². The number of benzene rings is 1. The van der Waals surface area contributed by atoms with Crippen molar-refractivity contribution in [1.82, 2.24) is 0 Å². The second kappa shape index (κ2) is 6.32. The van der Waals surface area contributed by atoms with Gasteiger partial charge < -0.3 is 0 Å². The number of nitriles is 1. The molecule has 4 heteroatoms. The van der Waals surface area contributed by atoms with Gasteiger partial charge in [0.1, 0.15) is 5.41 Å². The van der Waals surface area contributed by atoms with Gasteiger partial charge in [0.05, 0.1) is 11.8 Å². The van der Waals surface area contributed by atoms with Crippen LogP contribution >= 0.6 is 0 Å². The molecular weight excluding hydrogens is 270 g/mol. The van der Waals surface area contributed by atoms with Crippen LogP contribution in [0.2, 0.25) is 0 Å². The number of Topliss-reactive ketones (excluding diaryl/α,β-unsaturated/α-hetero) is 1. The minimum absolute atomic E-state index is 0.0129. The lowest BCUT2D eigenvalue weighted by molar-refractivity contribution is -0.129. The molecule has 0 aliphatic heterocycles. The molecule has 0 radical (unpaired) electrons. The first kappa shape index (κ1) is 14.9. The van der Waals surface area contributed by atoms with E-state index in [0.29, 0.717) is 18.8 Å². The summed E-state index contributed by atoms with van der Waals surface area (Å²) < 4.78 is 11.1. The quantitative estimate of drug-likeness (QED) is 0.808. The first-order valence-corrected chi connectivity index (χ1v) is 8.57. The fourth-order valence-corrected chi connectivity index (χ4v) is 3.49. The summed E-state index contributed by atoms with van der Waals surface area (Å²) in [6.45, 7) is 0. The van der Waals surface area contributed by atoms with Crippen molar-refractivity contribution in [1.29, 1.82) is 5.26 Å². The minimum Gasteiger partial charge on any atom is -0.297 e. The Morgan fingerprint density at radius 2 is 2.05 bits per heavy atom. The summed E-state index contributed by atoms with van der Waals surface area (Å²) in [4.78, 5) is 12.0. The van der Waals surface area contributed by atoms with Gasteiger partial charge >= 0.3 is 0 Å². The van der Waals surface area contributed by atoms with E-state index in [2.05, 4.69) is 18.2 Å². The normalized spacial score (nSPS) is 26.3. The fraction of sp³-hybridized carbons (Fsp3) is 0.500. The molecular formula is C16H19NO2S. The minimum atomic E-state index is -1.16. The number of hydrogen-bond acceptors (Lipinski definition) is 3. The Morgan fingerprint density at radius 1 is 1.40 bits per heavy atom. The smallest absolute Gasteiger partial charge is 0.165 e. The van der Waals surface area contributed by atoms with Crippen molar-refractivity contribution in [3.05, 3.63) is 35.9 Å². The van der Waals surface area contributed by atoms with Crippen molar-refractivity contribution in [2.45, 2.75) is 25.7 Å². The Balaban J connectivity index is 1.84. The molecule has 0 aromatic heterocycles. The molecule has 0 amide bonds. The third-order valence-corrected chi connectivity index (χ3v) is 4.71. The van der Waals surface area contributed by atoms with Gasteiger partial charge in [-0.1, -0.05) is 30.3 Å². The third kappa shape index (κ3) is 3.34. The van der Waals surface area contributed by atoms with Gasteiger partial charge in [0.15, 0.2) is 5.78 Å². The molecule has 0 spiro atoms. The van der Waals surface area contributed by atoms with Crippen molar-refractivity contribution < 1.29 is 9.00 Å². The van der Waals surface area contributed by atoms with Crippen LogP contribution in [0.15, 0.2) is 30.3 Å². The van der Waals surface area contributed by atoms with Gasteiger partial charge in [-0.3, -0.25) is 9.00 Å². The van der Waals surface area contributed by atoms with Crippen LogP contribution in [0.1, 0.15) is 24.8 Å². The van der Waals surface area contributed by atoms with Gasteiger partial charge in [0, 0.05) is 17.1 Å². The molecule has 1 unspecified atom stereocenters. The average molecular weight is 289 g/mol. The van der Waals surface area contributed by atoms with Gasteiger partial charge in [-0.05, 0) is 37.2 Å².